The first-order valence-corrected chi connectivity index (χ1v) is 11.2. The predicted molar refractivity (Wildman–Crippen MR) is 71.2 cm³/mol. The number of rotatable bonds is 6. The Bertz CT molecular complexity index is 176. The van der Waals surface area contributed by atoms with Crippen LogP contribution in [0.1, 0.15) is 27.7 Å². The van der Waals surface area contributed by atoms with Crippen LogP contribution in [0.15, 0.2) is 0 Å². The van der Waals surface area contributed by atoms with Gasteiger partial charge in [-0.1, -0.05) is 0 Å². The molecule has 0 aliphatic carbocycles. The molecule has 0 aromatic carbocycles. The SMILES string of the molecule is B[Si](C)(OC(C)C)O[Si](C)(C)OC(C)C. The highest BCUT2D eigenvalue weighted by atomic mass is 28.4. The van der Waals surface area contributed by atoms with Crippen molar-refractivity contribution in [3.8, 4) is 0 Å². The van der Waals surface area contributed by atoms with Gasteiger partial charge in [-0.2, -0.15) is 0 Å². The summed E-state index contributed by atoms with van der Waals surface area (Å²) in [7, 11) is -1.99. The lowest BCUT2D eigenvalue weighted by Crippen LogP contribution is -2.52. The smallest absolute Gasteiger partial charge is 0.322 e. The minimum atomic E-state index is -2.03. The van der Waals surface area contributed by atoms with Crippen LogP contribution in [-0.4, -0.2) is 36.6 Å². The van der Waals surface area contributed by atoms with E-state index < -0.39 is 17.0 Å². The first kappa shape index (κ1) is 15.4. The summed E-state index contributed by atoms with van der Waals surface area (Å²) in [6.07, 6.45) is 0.436. The Morgan fingerprint density at radius 3 is 1.60 bits per heavy atom. The summed E-state index contributed by atoms with van der Waals surface area (Å²) in [6.45, 7) is 14.4. The molecular formula is C9H25BO3Si2. The maximum Gasteiger partial charge on any atom is 0.322 e. The van der Waals surface area contributed by atoms with E-state index in [-0.39, 0.29) is 12.2 Å². The molecule has 0 amide bonds. The summed E-state index contributed by atoms with van der Waals surface area (Å²) < 4.78 is 17.7. The van der Waals surface area contributed by atoms with Crippen molar-refractivity contribution in [2.24, 2.45) is 0 Å². The average Bonchev–Trinajstić information content (AvgIpc) is 1.73. The molecule has 0 saturated carbocycles. The fraction of sp³-hybridized carbons (Fsp3) is 1.00. The molecule has 1 unspecified atom stereocenters. The van der Waals surface area contributed by atoms with Gasteiger partial charge in [-0.05, 0) is 47.3 Å². The van der Waals surface area contributed by atoms with Crippen LogP contribution in [0.3, 0.4) is 0 Å². The second-order valence-electron chi connectivity index (χ2n) is 5.23. The molecule has 0 radical (unpaired) electrons. The van der Waals surface area contributed by atoms with E-state index in [9.17, 15) is 0 Å². The van der Waals surface area contributed by atoms with Crippen molar-refractivity contribution in [3.63, 3.8) is 0 Å². The summed E-state index contributed by atoms with van der Waals surface area (Å²) in [6, 6.07) is 0. The average molecular weight is 248 g/mol. The Morgan fingerprint density at radius 2 is 1.27 bits per heavy atom. The topological polar surface area (TPSA) is 27.7 Å². The second kappa shape index (κ2) is 5.63. The Balaban J connectivity index is 4.29. The van der Waals surface area contributed by atoms with Crippen molar-refractivity contribution in [1.82, 2.24) is 0 Å². The van der Waals surface area contributed by atoms with Crippen molar-refractivity contribution in [3.05, 3.63) is 0 Å². The molecule has 0 aromatic rings. The second-order valence-corrected chi connectivity index (χ2v) is 12.1. The van der Waals surface area contributed by atoms with Gasteiger partial charge in [-0.25, -0.2) is 0 Å². The Morgan fingerprint density at radius 1 is 0.867 bits per heavy atom. The van der Waals surface area contributed by atoms with Crippen LogP contribution < -0.4 is 0 Å². The molecule has 0 saturated heterocycles. The Kier molecular flexibility index (Phi) is 5.77. The van der Waals surface area contributed by atoms with Crippen LogP contribution in [-0.2, 0) is 13.0 Å². The normalized spacial score (nSPS) is 17.1. The van der Waals surface area contributed by atoms with E-state index in [4.69, 9.17) is 13.0 Å². The van der Waals surface area contributed by atoms with Crippen LogP contribution >= 0.6 is 0 Å². The third-order valence-corrected chi connectivity index (χ3v) is 7.54. The monoisotopic (exact) mass is 248 g/mol. The third-order valence-electron chi connectivity index (χ3n) is 1.53. The molecule has 0 bridgehead atoms. The first-order chi connectivity index (χ1) is 6.54. The first-order valence-electron chi connectivity index (χ1n) is 5.60. The molecular weight excluding hydrogens is 223 g/mol. The van der Waals surface area contributed by atoms with Crippen LogP contribution in [0, 0.1) is 0 Å². The Labute approximate surface area is 97.3 Å². The van der Waals surface area contributed by atoms with Crippen molar-refractivity contribution in [2.45, 2.75) is 59.5 Å². The van der Waals surface area contributed by atoms with E-state index in [1.54, 1.807) is 0 Å². The highest BCUT2D eigenvalue weighted by molar-refractivity contribution is 7.11. The van der Waals surface area contributed by atoms with E-state index in [2.05, 4.69) is 27.1 Å². The highest BCUT2D eigenvalue weighted by Gasteiger charge is 2.36. The van der Waals surface area contributed by atoms with E-state index in [1.807, 2.05) is 27.7 Å². The zero-order valence-electron chi connectivity index (χ0n) is 11.4. The van der Waals surface area contributed by atoms with Gasteiger partial charge in [0, 0.05) is 12.2 Å². The van der Waals surface area contributed by atoms with Gasteiger partial charge in [-0.15, -0.1) is 0 Å². The summed E-state index contributed by atoms with van der Waals surface area (Å²) in [5.41, 5.74) is 0. The van der Waals surface area contributed by atoms with Crippen molar-refractivity contribution >= 4 is 24.4 Å². The summed E-state index contributed by atoms with van der Waals surface area (Å²) >= 11 is 0. The number of hydrogen-bond donors (Lipinski definition) is 0. The van der Waals surface area contributed by atoms with Crippen LogP contribution in [0.4, 0.5) is 0 Å². The zero-order chi connectivity index (χ0) is 12.3. The molecule has 0 aliphatic rings. The Hall–Kier alpha value is 0.379. The predicted octanol–water partition coefficient (Wildman–Crippen LogP) is 1.76. The van der Waals surface area contributed by atoms with Crippen molar-refractivity contribution in [2.75, 3.05) is 0 Å². The maximum atomic E-state index is 6.08. The van der Waals surface area contributed by atoms with Gasteiger partial charge >= 0.3 is 8.56 Å². The minimum absolute atomic E-state index is 0.218. The van der Waals surface area contributed by atoms with E-state index in [0.717, 1.165) is 0 Å². The highest BCUT2D eigenvalue weighted by Crippen LogP contribution is 2.17. The third kappa shape index (κ3) is 8.21. The molecule has 90 valence electrons. The van der Waals surface area contributed by atoms with Gasteiger partial charge in [0.15, 0.2) is 7.44 Å². The van der Waals surface area contributed by atoms with Crippen molar-refractivity contribution in [1.29, 1.82) is 0 Å². The zero-order valence-corrected chi connectivity index (χ0v) is 13.4. The van der Waals surface area contributed by atoms with Gasteiger partial charge < -0.3 is 13.0 Å². The standard InChI is InChI=1S/C9H25BO3Si2/c1-8(2)11-14(5,6)13-15(7,10)12-9(3)4/h8-9H,10H2,1-7H3. The minimum Gasteiger partial charge on any atom is -0.421 e. The molecule has 1 atom stereocenters. The van der Waals surface area contributed by atoms with Gasteiger partial charge in [0.2, 0.25) is 0 Å². The molecule has 3 nitrogen and oxygen atoms in total. The molecule has 6 heteroatoms. The summed E-state index contributed by atoms with van der Waals surface area (Å²) in [5, 5.41) is 0. The molecule has 0 aromatic heterocycles. The molecule has 0 fully saturated rings. The van der Waals surface area contributed by atoms with Crippen LogP contribution in [0.5, 0.6) is 0 Å². The van der Waals surface area contributed by atoms with Crippen LogP contribution in [0.2, 0.25) is 19.6 Å². The summed E-state index contributed by atoms with van der Waals surface area (Å²) in [5.74, 6) is 0. The van der Waals surface area contributed by atoms with Gasteiger partial charge in [0.25, 0.3) is 8.43 Å². The fourth-order valence-electron chi connectivity index (χ4n) is 1.78. The largest absolute Gasteiger partial charge is 0.421 e. The van der Waals surface area contributed by atoms with Gasteiger partial charge in [0.1, 0.15) is 0 Å². The quantitative estimate of drug-likeness (QED) is 0.670. The lowest BCUT2D eigenvalue weighted by Gasteiger charge is -2.35. The molecule has 0 rings (SSSR count). The van der Waals surface area contributed by atoms with E-state index in [0.29, 0.717) is 0 Å². The van der Waals surface area contributed by atoms with E-state index in [1.165, 1.54) is 0 Å². The van der Waals surface area contributed by atoms with Gasteiger partial charge in [0.05, 0.1) is 0 Å². The van der Waals surface area contributed by atoms with Gasteiger partial charge in [-0.3, -0.25) is 0 Å². The summed E-state index contributed by atoms with van der Waals surface area (Å²) in [4.78, 5) is 0. The molecule has 0 N–H and O–H groups in total. The molecule has 15 heavy (non-hydrogen) atoms. The van der Waals surface area contributed by atoms with Crippen molar-refractivity contribution < 1.29 is 13.0 Å². The molecule has 0 heterocycles. The molecule has 0 spiro atoms. The molecule has 0 aliphatic heterocycles. The van der Waals surface area contributed by atoms with E-state index >= 15 is 0 Å². The fourth-order valence-corrected chi connectivity index (χ4v) is 9.17. The number of hydrogen-bond acceptors (Lipinski definition) is 3. The van der Waals surface area contributed by atoms with Crippen LogP contribution in [0.25, 0.3) is 0 Å². The maximum absolute atomic E-state index is 6.08. The lowest BCUT2D eigenvalue weighted by atomic mass is 10.5. The lowest BCUT2D eigenvalue weighted by molar-refractivity contribution is 0.151.